The lowest BCUT2D eigenvalue weighted by atomic mass is 10.0. The quantitative estimate of drug-likeness (QED) is 0.699. The number of amides is 1. The number of carbonyl (C=O) groups is 3. The van der Waals surface area contributed by atoms with Crippen LogP contribution in [0.25, 0.3) is 0 Å². The van der Waals surface area contributed by atoms with E-state index in [1.165, 1.54) is 19.2 Å². The molecule has 0 unspecified atom stereocenters. The van der Waals surface area contributed by atoms with E-state index in [0.717, 1.165) is 0 Å². The van der Waals surface area contributed by atoms with Gasteiger partial charge in [-0.1, -0.05) is 25.4 Å². The zero-order valence-corrected chi connectivity index (χ0v) is 16.1. The van der Waals surface area contributed by atoms with Gasteiger partial charge in [-0.15, -0.1) is 0 Å². The van der Waals surface area contributed by atoms with Crippen molar-refractivity contribution in [2.75, 3.05) is 26.9 Å². The minimum Gasteiger partial charge on any atom is -0.486 e. The average molecular weight is 400 g/mol. The smallest absolute Gasteiger partial charge is 0.338 e. The Balaban J connectivity index is 1.95. The molecule has 0 saturated carbocycles. The zero-order chi connectivity index (χ0) is 20.0. The van der Waals surface area contributed by atoms with E-state index in [1.54, 1.807) is 0 Å². The second-order valence-corrected chi connectivity index (χ2v) is 6.74. The van der Waals surface area contributed by atoms with Crippen LogP contribution < -0.4 is 14.8 Å². The molecule has 0 radical (unpaired) electrons. The molecule has 0 bridgehead atoms. The van der Waals surface area contributed by atoms with Gasteiger partial charge in [0.25, 0.3) is 5.91 Å². The van der Waals surface area contributed by atoms with Crippen LogP contribution in [0, 0.1) is 5.92 Å². The molecule has 0 spiro atoms. The number of benzene rings is 1. The summed E-state index contributed by atoms with van der Waals surface area (Å²) in [6.07, 6.45) is 0.407. The number of hydrogen-bond donors (Lipinski definition) is 1. The van der Waals surface area contributed by atoms with E-state index in [2.05, 4.69) is 10.1 Å². The van der Waals surface area contributed by atoms with Crippen molar-refractivity contribution < 1.29 is 33.3 Å². The first-order chi connectivity index (χ1) is 12.8. The van der Waals surface area contributed by atoms with E-state index >= 15 is 0 Å². The van der Waals surface area contributed by atoms with Gasteiger partial charge in [0.15, 0.2) is 18.1 Å². The predicted molar refractivity (Wildman–Crippen MR) is 96.1 cm³/mol. The van der Waals surface area contributed by atoms with Crippen LogP contribution in [0.15, 0.2) is 12.1 Å². The summed E-state index contributed by atoms with van der Waals surface area (Å²) in [6.45, 7) is 3.99. The van der Waals surface area contributed by atoms with Crippen molar-refractivity contribution in [3.05, 3.63) is 22.7 Å². The van der Waals surface area contributed by atoms with Crippen molar-refractivity contribution in [1.82, 2.24) is 5.32 Å². The summed E-state index contributed by atoms with van der Waals surface area (Å²) in [6, 6.07) is 2.02. The number of methoxy groups -OCH3 is 1. The predicted octanol–water partition coefficient (Wildman–Crippen LogP) is 1.97. The van der Waals surface area contributed by atoms with Crippen LogP contribution in [-0.4, -0.2) is 50.8 Å². The van der Waals surface area contributed by atoms with Gasteiger partial charge in [0.05, 0.1) is 17.7 Å². The first-order valence-corrected chi connectivity index (χ1v) is 8.83. The number of hydrogen-bond acceptors (Lipinski definition) is 7. The van der Waals surface area contributed by atoms with Crippen LogP contribution in [0.2, 0.25) is 5.02 Å². The van der Waals surface area contributed by atoms with E-state index in [0.29, 0.717) is 31.1 Å². The largest absolute Gasteiger partial charge is 0.486 e. The third kappa shape index (κ3) is 5.75. The molecule has 1 heterocycles. The van der Waals surface area contributed by atoms with E-state index < -0.39 is 30.5 Å². The summed E-state index contributed by atoms with van der Waals surface area (Å²) in [5.41, 5.74) is 0.128. The van der Waals surface area contributed by atoms with Crippen LogP contribution in [0.3, 0.4) is 0 Å². The van der Waals surface area contributed by atoms with Crippen molar-refractivity contribution in [3.63, 3.8) is 0 Å². The summed E-state index contributed by atoms with van der Waals surface area (Å²) in [5, 5.41) is 2.72. The van der Waals surface area contributed by atoms with Gasteiger partial charge in [-0.05, 0) is 24.5 Å². The first-order valence-electron chi connectivity index (χ1n) is 8.45. The Morgan fingerprint density at radius 1 is 1.22 bits per heavy atom. The molecule has 1 N–H and O–H groups in total. The van der Waals surface area contributed by atoms with E-state index in [9.17, 15) is 14.4 Å². The number of rotatable bonds is 7. The van der Waals surface area contributed by atoms with Gasteiger partial charge >= 0.3 is 11.9 Å². The molecule has 0 fully saturated rings. The third-order valence-electron chi connectivity index (χ3n) is 3.69. The molecule has 1 aliphatic rings. The normalized spacial score (nSPS) is 13.7. The lowest BCUT2D eigenvalue weighted by Crippen LogP contribution is -2.44. The van der Waals surface area contributed by atoms with Gasteiger partial charge in [-0.2, -0.15) is 0 Å². The lowest BCUT2D eigenvalue weighted by molar-refractivity contribution is -0.145. The molecule has 2 rings (SSSR count). The van der Waals surface area contributed by atoms with Gasteiger partial charge in [0.1, 0.15) is 19.3 Å². The standard InChI is InChI=1S/C18H22ClNO7/c1-10(2)6-13(18(23)24-3)20-15(21)9-27-17(22)11-7-12(19)16-14(8-11)25-4-5-26-16/h7-8,10,13H,4-6,9H2,1-3H3,(H,20,21)/t13-/m0/s1. The zero-order valence-electron chi connectivity index (χ0n) is 15.4. The van der Waals surface area contributed by atoms with Crippen LogP contribution in [0.5, 0.6) is 11.5 Å². The van der Waals surface area contributed by atoms with E-state index in [-0.39, 0.29) is 16.5 Å². The number of fused-ring (bicyclic) bond motifs is 1. The molecule has 1 atom stereocenters. The van der Waals surface area contributed by atoms with Crippen LogP contribution in [-0.2, 0) is 19.1 Å². The van der Waals surface area contributed by atoms with Gasteiger partial charge in [-0.25, -0.2) is 9.59 Å². The van der Waals surface area contributed by atoms with Gasteiger partial charge < -0.3 is 24.3 Å². The van der Waals surface area contributed by atoms with E-state index in [4.69, 9.17) is 25.8 Å². The summed E-state index contributed by atoms with van der Waals surface area (Å²) < 4.78 is 20.4. The molecule has 148 valence electrons. The maximum atomic E-state index is 12.2. The van der Waals surface area contributed by atoms with Gasteiger partial charge in [0.2, 0.25) is 0 Å². The topological polar surface area (TPSA) is 100 Å². The third-order valence-corrected chi connectivity index (χ3v) is 3.98. The minimum absolute atomic E-state index is 0.128. The molecular formula is C18H22ClNO7. The Morgan fingerprint density at radius 3 is 2.59 bits per heavy atom. The van der Waals surface area contributed by atoms with Crippen molar-refractivity contribution in [2.45, 2.75) is 26.3 Å². The molecule has 8 nitrogen and oxygen atoms in total. The van der Waals surface area contributed by atoms with Gasteiger partial charge in [0, 0.05) is 0 Å². The van der Waals surface area contributed by atoms with Crippen LogP contribution in [0.4, 0.5) is 0 Å². The second kappa shape index (κ2) is 9.45. The Morgan fingerprint density at radius 2 is 1.93 bits per heavy atom. The van der Waals surface area contributed by atoms with E-state index in [1.807, 2.05) is 13.8 Å². The van der Waals surface area contributed by atoms with Gasteiger partial charge in [-0.3, -0.25) is 4.79 Å². The summed E-state index contributed by atoms with van der Waals surface area (Å²) in [5.74, 6) is -1.04. The summed E-state index contributed by atoms with van der Waals surface area (Å²) >= 11 is 6.08. The lowest BCUT2D eigenvalue weighted by Gasteiger charge is -2.20. The molecule has 0 aliphatic carbocycles. The second-order valence-electron chi connectivity index (χ2n) is 6.33. The fraction of sp³-hybridized carbons (Fsp3) is 0.500. The molecule has 1 aromatic carbocycles. The SMILES string of the molecule is COC(=O)[C@H](CC(C)C)NC(=O)COC(=O)c1cc(Cl)c2c(c1)OCCO2. The van der Waals surface area contributed by atoms with Crippen molar-refractivity contribution >= 4 is 29.4 Å². The Labute approximate surface area is 162 Å². The fourth-order valence-electron chi connectivity index (χ4n) is 2.51. The highest BCUT2D eigenvalue weighted by molar-refractivity contribution is 6.32. The molecule has 1 amide bonds. The fourth-order valence-corrected chi connectivity index (χ4v) is 2.77. The summed E-state index contributed by atoms with van der Waals surface area (Å²) in [7, 11) is 1.24. The molecule has 0 saturated heterocycles. The minimum atomic E-state index is -0.801. The number of halogens is 1. The number of nitrogens with one attached hydrogen (secondary N) is 1. The maximum absolute atomic E-state index is 12.2. The highest BCUT2D eigenvalue weighted by Crippen LogP contribution is 2.38. The Bertz CT molecular complexity index is 720. The molecule has 1 aliphatic heterocycles. The molecule has 0 aromatic heterocycles. The Hall–Kier alpha value is -2.48. The molecule has 1 aromatic rings. The highest BCUT2D eigenvalue weighted by Gasteiger charge is 2.24. The van der Waals surface area contributed by atoms with Crippen LogP contribution in [0.1, 0.15) is 30.6 Å². The molecule has 27 heavy (non-hydrogen) atoms. The molecule has 9 heteroatoms. The maximum Gasteiger partial charge on any atom is 0.338 e. The van der Waals surface area contributed by atoms with Crippen molar-refractivity contribution in [2.24, 2.45) is 5.92 Å². The number of ether oxygens (including phenoxy) is 4. The van der Waals surface area contributed by atoms with Crippen molar-refractivity contribution in [3.8, 4) is 11.5 Å². The number of carbonyl (C=O) groups excluding carboxylic acids is 3. The van der Waals surface area contributed by atoms with Crippen LogP contribution >= 0.6 is 11.6 Å². The Kier molecular flexibility index (Phi) is 7.29. The van der Waals surface area contributed by atoms with Crippen molar-refractivity contribution in [1.29, 1.82) is 0 Å². The number of esters is 2. The highest BCUT2D eigenvalue weighted by atomic mass is 35.5. The average Bonchev–Trinajstić information content (AvgIpc) is 2.64. The molecular weight excluding hydrogens is 378 g/mol. The summed E-state index contributed by atoms with van der Waals surface area (Å²) in [4.78, 5) is 35.9. The monoisotopic (exact) mass is 399 g/mol. The first kappa shape index (κ1) is 20.8.